The van der Waals surface area contributed by atoms with Gasteiger partial charge < -0.3 is 14.1 Å². The van der Waals surface area contributed by atoms with Crippen molar-refractivity contribution in [2.24, 2.45) is 0 Å². The summed E-state index contributed by atoms with van der Waals surface area (Å²) in [5, 5.41) is 2.94. The van der Waals surface area contributed by atoms with Crippen LogP contribution in [0.5, 0.6) is 5.75 Å². The summed E-state index contributed by atoms with van der Waals surface area (Å²) in [5.74, 6) is 0.505. The number of aromatic nitrogens is 2. The number of amides is 2. The van der Waals surface area contributed by atoms with Gasteiger partial charge in [0.1, 0.15) is 12.3 Å². The Balaban J connectivity index is 1.45. The molecule has 0 saturated heterocycles. The Labute approximate surface area is 232 Å². The molecule has 0 unspecified atom stereocenters. The second kappa shape index (κ2) is 11.7. The van der Waals surface area contributed by atoms with E-state index in [0.29, 0.717) is 11.6 Å². The first-order valence-electron chi connectivity index (χ1n) is 12.9. The largest absolute Gasteiger partial charge is 0.497 e. The highest BCUT2D eigenvalue weighted by Crippen LogP contribution is 2.27. The van der Waals surface area contributed by atoms with Crippen LogP contribution in [-0.4, -0.2) is 39.9 Å². The van der Waals surface area contributed by atoms with E-state index >= 15 is 0 Å². The van der Waals surface area contributed by atoms with Crippen LogP contribution < -0.4 is 10.1 Å². The molecule has 0 atom stereocenters. The van der Waals surface area contributed by atoms with Crippen LogP contribution in [0.2, 0.25) is 0 Å². The van der Waals surface area contributed by atoms with Gasteiger partial charge in [-0.1, -0.05) is 36.4 Å². The van der Waals surface area contributed by atoms with Crippen molar-refractivity contribution in [2.45, 2.75) is 20.4 Å². The highest BCUT2D eigenvalue weighted by atomic mass is 16.5. The van der Waals surface area contributed by atoms with E-state index in [-0.39, 0.29) is 30.7 Å². The van der Waals surface area contributed by atoms with E-state index in [1.54, 1.807) is 19.2 Å². The molecule has 1 N–H and O–H groups in total. The fourth-order valence-electron chi connectivity index (χ4n) is 4.34. The summed E-state index contributed by atoms with van der Waals surface area (Å²) < 4.78 is 12.5. The van der Waals surface area contributed by atoms with Crippen LogP contribution in [0.15, 0.2) is 102 Å². The second-order valence-electron chi connectivity index (χ2n) is 9.49. The van der Waals surface area contributed by atoms with Crippen molar-refractivity contribution in [2.75, 3.05) is 19.0 Å². The highest BCUT2D eigenvalue weighted by molar-refractivity contribution is 5.97. The smallest absolute Gasteiger partial charge is 0.290 e. The maximum absolute atomic E-state index is 13.4. The lowest BCUT2D eigenvalue weighted by Crippen LogP contribution is -2.37. The lowest BCUT2D eigenvalue weighted by Gasteiger charge is -2.21. The molecule has 0 bridgehead atoms. The Hall–Kier alpha value is -5.11. The number of benzene rings is 3. The van der Waals surface area contributed by atoms with Crippen molar-refractivity contribution in [3.8, 4) is 22.7 Å². The van der Waals surface area contributed by atoms with Crippen LogP contribution in [-0.2, 0) is 11.3 Å². The summed E-state index contributed by atoms with van der Waals surface area (Å²) in [6, 6.07) is 26.4. The Morgan fingerprint density at radius 1 is 0.950 bits per heavy atom. The lowest BCUT2D eigenvalue weighted by atomic mass is 10.1. The molecule has 2 aromatic heterocycles. The number of anilines is 1. The number of furan rings is 1. The summed E-state index contributed by atoms with van der Waals surface area (Å²) in [4.78, 5) is 32.8. The number of methoxy groups -OCH3 is 1. The monoisotopic (exact) mass is 534 g/mol. The zero-order valence-electron chi connectivity index (χ0n) is 22.6. The molecule has 5 rings (SSSR count). The van der Waals surface area contributed by atoms with Crippen LogP contribution in [0, 0.1) is 13.8 Å². The number of carbonyl (C=O) groups is 2. The molecule has 40 heavy (non-hydrogen) atoms. The van der Waals surface area contributed by atoms with Gasteiger partial charge in [0, 0.05) is 24.0 Å². The van der Waals surface area contributed by atoms with Crippen molar-refractivity contribution in [3.05, 3.63) is 120 Å². The zero-order valence-corrected chi connectivity index (χ0v) is 22.6. The number of hydrogen-bond acceptors (Lipinski definition) is 5. The summed E-state index contributed by atoms with van der Waals surface area (Å²) in [6.45, 7) is 4.15. The summed E-state index contributed by atoms with van der Waals surface area (Å²) in [7, 11) is 1.62. The zero-order chi connectivity index (χ0) is 28.1. The Morgan fingerprint density at radius 2 is 1.73 bits per heavy atom. The highest BCUT2D eigenvalue weighted by Gasteiger charge is 2.23. The molecule has 8 nitrogen and oxygen atoms in total. The van der Waals surface area contributed by atoms with Crippen molar-refractivity contribution in [1.29, 1.82) is 0 Å². The first-order chi connectivity index (χ1) is 19.4. The van der Waals surface area contributed by atoms with Gasteiger partial charge in [-0.2, -0.15) is 0 Å². The maximum Gasteiger partial charge on any atom is 0.290 e. The second-order valence-corrected chi connectivity index (χ2v) is 9.49. The third-order valence-corrected chi connectivity index (χ3v) is 6.68. The van der Waals surface area contributed by atoms with Gasteiger partial charge in [0.15, 0.2) is 5.76 Å². The van der Waals surface area contributed by atoms with E-state index < -0.39 is 0 Å². The first kappa shape index (κ1) is 26.5. The van der Waals surface area contributed by atoms with Crippen LogP contribution >= 0.6 is 0 Å². The summed E-state index contributed by atoms with van der Waals surface area (Å²) in [5.41, 5.74) is 5.60. The van der Waals surface area contributed by atoms with Crippen molar-refractivity contribution in [1.82, 2.24) is 14.5 Å². The quantitative estimate of drug-likeness (QED) is 0.249. The van der Waals surface area contributed by atoms with E-state index in [1.165, 1.54) is 11.2 Å². The predicted octanol–water partition coefficient (Wildman–Crippen LogP) is 6.04. The van der Waals surface area contributed by atoms with Gasteiger partial charge >= 0.3 is 0 Å². The summed E-state index contributed by atoms with van der Waals surface area (Å²) in [6.07, 6.45) is 3.33. The minimum absolute atomic E-state index is 0.169. The van der Waals surface area contributed by atoms with Crippen LogP contribution in [0.3, 0.4) is 0 Å². The Bertz CT molecular complexity index is 1610. The van der Waals surface area contributed by atoms with Crippen LogP contribution in [0.1, 0.15) is 27.2 Å². The predicted molar refractivity (Wildman–Crippen MR) is 154 cm³/mol. The number of hydrogen-bond donors (Lipinski definition) is 1. The Kier molecular flexibility index (Phi) is 7.77. The van der Waals surface area contributed by atoms with Gasteiger partial charge in [-0.25, -0.2) is 4.98 Å². The minimum atomic E-state index is -0.382. The molecule has 5 aromatic rings. The van der Waals surface area contributed by atoms with E-state index in [0.717, 1.165) is 33.7 Å². The maximum atomic E-state index is 13.4. The van der Waals surface area contributed by atoms with E-state index in [2.05, 4.69) is 12.2 Å². The molecule has 0 aliphatic carbocycles. The van der Waals surface area contributed by atoms with Crippen molar-refractivity contribution >= 4 is 17.8 Å². The molecule has 8 heteroatoms. The molecule has 2 amide bonds. The molecule has 0 aliphatic heterocycles. The molecule has 0 saturated carbocycles. The first-order valence-corrected chi connectivity index (χ1v) is 12.9. The number of nitrogens with zero attached hydrogens (tertiary/aromatic N) is 3. The van der Waals surface area contributed by atoms with Crippen molar-refractivity contribution in [3.63, 3.8) is 0 Å². The van der Waals surface area contributed by atoms with Crippen LogP contribution in [0.4, 0.5) is 5.95 Å². The molecule has 2 heterocycles. The van der Waals surface area contributed by atoms with Crippen LogP contribution in [0.25, 0.3) is 16.9 Å². The fourth-order valence-corrected chi connectivity index (χ4v) is 4.34. The van der Waals surface area contributed by atoms with E-state index in [1.807, 2.05) is 90.5 Å². The van der Waals surface area contributed by atoms with Crippen molar-refractivity contribution < 1.29 is 18.7 Å². The Morgan fingerprint density at radius 3 is 2.40 bits per heavy atom. The molecule has 3 aromatic carbocycles. The number of imidazole rings is 1. The number of aryl methyl sites for hydroxylation is 2. The van der Waals surface area contributed by atoms with E-state index in [4.69, 9.17) is 14.1 Å². The normalized spacial score (nSPS) is 10.8. The van der Waals surface area contributed by atoms with Gasteiger partial charge in [0.05, 0.1) is 19.1 Å². The molecule has 0 aliphatic rings. The molecule has 202 valence electrons. The van der Waals surface area contributed by atoms with Gasteiger partial charge in [-0.05, 0) is 79.1 Å². The lowest BCUT2D eigenvalue weighted by molar-refractivity contribution is -0.117. The number of nitrogens with one attached hydrogen (secondary N) is 1. The third kappa shape index (κ3) is 5.96. The van der Waals surface area contributed by atoms with E-state index in [9.17, 15) is 9.59 Å². The average Bonchev–Trinajstić information content (AvgIpc) is 3.65. The van der Waals surface area contributed by atoms with Gasteiger partial charge in [0.2, 0.25) is 11.9 Å². The topological polar surface area (TPSA) is 89.6 Å². The van der Waals surface area contributed by atoms with Gasteiger partial charge in [-0.15, -0.1) is 0 Å². The molecule has 0 radical (unpaired) electrons. The van der Waals surface area contributed by atoms with Gasteiger partial charge in [-0.3, -0.25) is 19.5 Å². The number of ether oxygens (including phenoxy) is 1. The summed E-state index contributed by atoms with van der Waals surface area (Å²) >= 11 is 0. The molecule has 0 fully saturated rings. The number of carbonyl (C=O) groups excluding carboxylic acids is 2. The standard InChI is InChI=1S/C32H30N4O4/c1-22-11-14-26(18-23(22)2)36-20-28(25-12-15-27(39-3)16-13-25)33-32(36)34-30(37)21-35(19-24-8-5-4-6-9-24)31(38)29-10-7-17-40-29/h4-18,20H,19,21H2,1-3H3,(H,33,34,37). The van der Waals surface area contributed by atoms with Gasteiger partial charge in [0.25, 0.3) is 5.91 Å². The fraction of sp³-hybridized carbons (Fsp3) is 0.156. The SMILES string of the molecule is COc1ccc(-c2cn(-c3ccc(C)c(C)c3)c(NC(=O)CN(Cc3ccccc3)C(=O)c3ccco3)n2)cc1. The number of rotatable bonds is 9. The molecular formula is C32H30N4O4. The third-order valence-electron chi connectivity index (χ3n) is 6.68. The minimum Gasteiger partial charge on any atom is -0.497 e. The molecular weight excluding hydrogens is 504 g/mol. The average molecular weight is 535 g/mol. The molecule has 0 spiro atoms.